The van der Waals surface area contributed by atoms with Gasteiger partial charge in [0.15, 0.2) is 12.6 Å². The van der Waals surface area contributed by atoms with Crippen LogP contribution in [0.25, 0.3) is 0 Å². The first-order valence-electron chi connectivity index (χ1n) is 9.43. The molecule has 0 heterocycles. The van der Waals surface area contributed by atoms with Crippen molar-refractivity contribution in [2.75, 3.05) is 20.2 Å². The molecular weight excluding hydrogens is 401 g/mol. The summed E-state index contributed by atoms with van der Waals surface area (Å²) in [5, 5.41) is 9.01. The number of rotatable bonds is 7. The van der Waals surface area contributed by atoms with E-state index >= 15 is 0 Å². The van der Waals surface area contributed by atoms with Crippen LogP contribution in [0.1, 0.15) is 40.2 Å². The highest BCUT2D eigenvalue weighted by Gasteiger charge is 2.28. The molecule has 1 aromatic rings. The second kappa shape index (κ2) is 10.4. The van der Waals surface area contributed by atoms with Crippen molar-refractivity contribution in [3.05, 3.63) is 29.8 Å². The van der Waals surface area contributed by atoms with Gasteiger partial charge in [-0.1, -0.05) is 12.1 Å². The number of alkyl halides is 3. The van der Waals surface area contributed by atoms with Crippen molar-refractivity contribution in [1.82, 2.24) is 16.0 Å². The third-order valence-electron chi connectivity index (χ3n) is 3.55. The maximum absolute atomic E-state index is 12.2. The van der Waals surface area contributed by atoms with Crippen LogP contribution >= 0.6 is 0 Å². The molecule has 1 rings (SSSR count). The summed E-state index contributed by atoms with van der Waals surface area (Å²) in [6.07, 6.45) is -4.88. The number of ether oxygens (including phenoxy) is 2. The van der Waals surface area contributed by atoms with E-state index in [1.54, 1.807) is 40.0 Å². The van der Waals surface area contributed by atoms with Crippen LogP contribution in [-0.2, 0) is 11.3 Å². The van der Waals surface area contributed by atoms with Crippen molar-refractivity contribution in [3.63, 3.8) is 0 Å². The summed E-state index contributed by atoms with van der Waals surface area (Å²) >= 11 is 0. The lowest BCUT2D eigenvalue weighted by Crippen LogP contribution is -2.54. The highest BCUT2D eigenvalue weighted by atomic mass is 19.4. The summed E-state index contributed by atoms with van der Waals surface area (Å²) in [5.41, 5.74) is -0.348. The van der Waals surface area contributed by atoms with Gasteiger partial charge in [-0.15, -0.1) is 0 Å². The number of amides is 1. The Kier molecular flexibility index (Phi) is 8.80. The standard InChI is InChI=1S/C20H31F3N4O3/c1-18(2,3)30-17(28)27-19(4,5)12-26-16(24-6)25-11-14-7-9-15(10-8-14)29-13-20(21,22)23/h7-10H,11-13H2,1-6H3,(H,27,28)(H2,24,25,26). The highest BCUT2D eigenvalue weighted by Crippen LogP contribution is 2.18. The molecule has 0 saturated heterocycles. The van der Waals surface area contributed by atoms with Gasteiger partial charge in [-0.05, 0) is 52.3 Å². The van der Waals surface area contributed by atoms with Crippen LogP contribution in [-0.4, -0.2) is 49.6 Å². The van der Waals surface area contributed by atoms with Gasteiger partial charge >= 0.3 is 12.3 Å². The molecule has 0 aromatic heterocycles. The molecule has 1 aromatic carbocycles. The first-order valence-corrected chi connectivity index (χ1v) is 9.43. The van der Waals surface area contributed by atoms with Crippen molar-refractivity contribution in [2.45, 2.75) is 58.5 Å². The predicted molar refractivity (Wildman–Crippen MR) is 110 cm³/mol. The average molecular weight is 432 g/mol. The van der Waals surface area contributed by atoms with Crippen molar-refractivity contribution < 1.29 is 27.4 Å². The monoisotopic (exact) mass is 432 g/mol. The fourth-order valence-electron chi connectivity index (χ4n) is 2.20. The Balaban J connectivity index is 2.48. The molecule has 0 radical (unpaired) electrons. The first kappa shape index (κ1) is 25.4. The first-order chi connectivity index (χ1) is 13.7. The van der Waals surface area contributed by atoms with Crippen LogP contribution in [0.3, 0.4) is 0 Å². The zero-order chi connectivity index (χ0) is 23.0. The Bertz CT molecular complexity index is 711. The van der Waals surface area contributed by atoms with Gasteiger partial charge in [-0.25, -0.2) is 4.79 Å². The molecule has 1 amide bonds. The van der Waals surface area contributed by atoms with Crippen molar-refractivity contribution in [2.24, 2.45) is 4.99 Å². The number of carbonyl (C=O) groups is 1. The van der Waals surface area contributed by atoms with Gasteiger partial charge in [-0.2, -0.15) is 13.2 Å². The van der Waals surface area contributed by atoms with Crippen LogP contribution in [0, 0.1) is 0 Å². The minimum absolute atomic E-state index is 0.147. The Morgan fingerprint density at radius 2 is 1.63 bits per heavy atom. The fraction of sp³-hybridized carbons (Fsp3) is 0.600. The fourth-order valence-corrected chi connectivity index (χ4v) is 2.20. The lowest BCUT2D eigenvalue weighted by atomic mass is 10.1. The van der Waals surface area contributed by atoms with E-state index in [-0.39, 0.29) is 5.75 Å². The third kappa shape index (κ3) is 11.4. The van der Waals surface area contributed by atoms with Crippen LogP contribution in [0.15, 0.2) is 29.3 Å². The number of alkyl carbamates (subject to hydrolysis) is 1. The second-order valence-corrected chi connectivity index (χ2v) is 8.34. The Labute approximate surface area is 175 Å². The topological polar surface area (TPSA) is 84.0 Å². The third-order valence-corrected chi connectivity index (χ3v) is 3.55. The minimum Gasteiger partial charge on any atom is -0.484 e. The maximum atomic E-state index is 12.2. The Morgan fingerprint density at radius 1 is 1.03 bits per heavy atom. The quantitative estimate of drug-likeness (QED) is 0.453. The van der Waals surface area contributed by atoms with Gasteiger partial charge in [0, 0.05) is 20.1 Å². The van der Waals surface area contributed by atoms with Gasteiger partial charge in [0.2, 0.25) is 0 Å². The van der Waals surface area contributed by atoms with E-state index in [1.165, 1.54) is 12.1 Å². The minimum atomic E-state index is -4.37. The molecule has 170 valence electrons. The van der Waals surface area contributed by atoms with Crippen LogP contribution in [0.5, 0.6) is 5.75 Å². The van der Waals surface area contributed by atoms with Gasteiger partial charge in [0.1, 0.15) is 11.4 Å². The molecule has 0 aliphatic carbocycles. The number of aliphatic imine (C=N–C) groups is 1. The second-order valence-electron chi connectivity index (χ2n) is 8.34. The van der Waals surface area contributed by atoms with E-state index in [0.717, 1.165) is 5.56 Å². The van der Waals surface area contributed by atoms with Gasteiger partial charge in [0.05, 0.1) is 5.54 Å². The van der Waals surface area contributed by atoms with Crippen LogP contribution < -0.4 is 20.7 Å². The summed E-state index contributed by atoms with van der Waals surface area (Å²) in [7, 11) is 1.61. The number of hydrogen-bond acceptors (Lipinski definition) is 4. The van der Waals surface area contributed by atoms with E-state index < -0.39 is 30.0 Å². The van der Waals surface area contributed by atoms with E-state index in [1.807, 2.05) is 13.8 Å². The van der Waals surface area contributed by atoms with Crippen molar-refractivity contribution in [1.29, 1.82) is 0 Å². The van der Waals surface area contributed by atoms with E-state index in [0.29, 0.717) is 19.0 Å². The number of nitrogens with zero attached hydrogens (tertiary/aromatic N) is 1. The molecule has 0 unspecified atom stereocenters. The van der Waals surface area contributed by atoms with Gasteiger partial charge in [-0.3, -0.25) is 4.99 Å². The lowest BCUT2D eigenvalue weighted by molar-refractivity contribution is -0.153. The highest BCUT2D eigenvalue weighted by molar-refractivity contribution is 5.79. The number of hydrogen-bond donors (Lipinski definition) is 3. The van der Waals surface area contributed by atoms with Gasteiger partial charge in [0.25, 0.3) is 0 Å². The summed E-state index contributed by atoms with van der Waals surface area (Å²) in [6, 6.07) is 6.29. The van der Waals surface area contributed by atoms with Gasteiger partial charge < -0.3 is 25.4 Å². The van der Waals surface area contributed by atoms with Crippen LogP contribution in [0.4, 0.5) is 18.0 Å². The van der Waals surface area contributed by atoms with Crippen molar-refractivity contribution >= 4 is 12.1 Å². The number of halogens is 3. The molecular formula is C20H31F3N4O3. The van der Waals surface area contributed by atoms with E-state index in [2.05, 4.69) is 25.7 Å². The average Bonchev–Trinajstić information content (AvgIpc) is 2.58. The molecule has 10 heteroatoms. The molecule has 0 aliphatic heterocycles. The molecule has 0 fully saturated rings. The summed E-state index contributed by atoms with van der Waals surface area (Å²) in [6.45, 7) is 8.52. The molecule has 7 nitrogen and oxygen atoms in total. The normalized spacial score (nSPS) is 12.9. The Hall–Kier alpha value is -2.65. The molecule has 0 aliphatic rings. The smallest absolute Gasteiger partial charge is 0.422 e. The molecule has 0 bridgehead atoms. The Morgan fingerprint density at radius 3 is 2.13 bits per heavy atom. The number of nitrogens with one attached hydrogen (secondary N) is 3. The number of carbonyl (C=O) groups excluding carboxylic acids is 1. The summed E-state index contributed by atoms with van der Waals surface area (Å²) in [5.74, 6) is 0.653. The molecule has 0 spiro atoms. The predicted octanol–water partition coefficient (Wildman–Crippen LogP) is 3.60. The number of benzene rings is 1. The molecule has 3 N–H and O–H groups in total. The summed E-state index contributed by atoms with van der Waals surface area (Å²) in [4.78, 5) is 16.1. The molecule has 0 saturated carbocycles. The summed E-state index contributed by atoms with van der Waals surface area (Å²) < 4.78 is 46.5. The zero-order valence-electron chi connectivity index (χ0n) is 18.2. The molecule has 30 heavy (non-hydrogen) atoms. The van der Waals surface area contributed by atoms with E-state index in [9.17, 15) is 18.0 Å². The number of guanidine groups is 1. The van der Waals surface area contributed by atoms with Crippen molar-refractivity contribution in [3.8, 4) is 5.75 Å². The van der Waals surface area contributed by atoms with E-state index in [4.69, 9.17) is 4.74 Å². The van der Waals surface area contributed by atoms with Crippen LogP contribution in [0.2, 0.25) is 0 Å². The maximum Gasteiger partial charge on any atom is 0.422 e. The SMILES string of the molecule is CN=C(NCc1ccc(OCC(F)(F)F)cc1)NCC(C)(C)NC(=O)OC(C)(C)C. The zero-order valence-corrected chi connectivity index (χ0v) is 18.2. The lowest BCUT2D eigenvalue weighted by Gasteiger charge is -2.29. The largest absolute Gasteiger partial charge is 0.484 e. The molecule has 0 atom stereocenters.